The van der Waals surface area contributed by atoms with Crippen LogP contribution in [0.25, 0.3) is 0 Å². The summed E-state index contributed by atoms with van der Waals surface area (Å²) < 4.78 is 0.697. The Balaban J connectivity index is 3.58. The van der Waals surface area contributed by atoms with Crippen LogP contribution in [0.1, 0.15) is 52.9 Å². The second-order valence-corrected chi connectivity index (χ2v) is 5.74. The van der Waals surface area contributed by atoms with Gasteiger partial charge in [0.25, 0.3) is 0 Å². The second kappa shape index (κ2) is 5.31. The van der Waals surface area contributed by atoms with E-state index in [4.69, 9.17) is 0 Å². The molecule has 0 saturated carbocycles. The van der Waals surface area contributed by atoms with Crippen molar-refractivity contribution in [3.05, 3.63) is 0 Å². The molecule has 2 radical (unpaired) electrons. The molecule has 0 amide bonds. The van der Waals surface area contributed by atoms with Gasteiger partial charge in [-0.3, -0.25) is 0 Å². The minimum absolute atomic E-state index is 0.697. The third kappa shape index (κ3) is 3.72. The van der Waals surface area contributed by atoms with Crippen molar-refractivity contribution >= 4 is 18.6 Å². The van der Waals surface area contributed by atoms with Crippen LogP contribution >= 0.6 is 0 Å². The molecule has 0 atom stereocenters. The predicted molar refractivity (Wildman–Crippen MR) is 48.6 cm³/mol. The summed E-state index contributed by atoms with van der Waals surface area (Å²) in [5.74, 6) is 0. The van der Waals surface area contributed by atoms with Gasteiger partial charge in [0.1, 0.15) is 0 Å². The Morgan fingerprint density at radius 1 is 1.10 bits per heavy atom. The molecule has 1 heteroatoms. The summed E-state index contributed by atoms with van der Waals surface area (Å²) in [6.07, 6.45) is 6.94. The molecule has 0 nitrogen and oxygen atoms in total. The van der Waals surface area contributed by atoms with Crippen LogP contribution in [-0.2, 0) is 0 Å². The van der Waals surface area contributed by atoms with Gasteiger partial charge in [0, 0.05) is 0 Å². The fourth-order valence-electron chi connectivity index (χ4n) is 1.13. The van der Waals surface area contributed by atoms with Crippen LogP contribution in [0.4, 0.5) is 0 Å². The summed E-state index contributed by atoms with van der Waals surface area (Å²) >= 11 is 1.95. The predicted octanol–water partition coefficient (Wildman–Crippen LogP) is 3.32. The first-order valence-electron chi connectivity index (χ1n) is 4.47. The van der Waals surface area contributed by atoms with Gasteiger partial charge in [0.05, 0.1) is 0 Å². The van der Waals surface area contributed by atoms with Crippen molar-refractivity contribution in [1.82, 2.24) is 0 Å². The van der Waals surface area contributed by atoms with Crippen molar-refractivity contribution < 1.29 is 0 Å². The first-order valence-corrected chi connectivity index (χ1v) is 5.68. The van der Waals surface area contributed by atoms with Gasteiger partial charge in [-0.1, -0.05) is 0 Å². The van der Waals surface area contributed by atoms with Crippen molar-refractivity contribution in [3.8, 4) is 0 Å². The molecule has 0 aromatic heterocycles. The molecule has 10 heavy (non-hydrogen) atoms. The normalized spacial score (nSPS) is 11.9. The van der Waals surface area contributed by atoms with Crippen LogP contribution in [0.2, 0.25) is 3.97 Å². The van der Waals surface area contributed by atoms with Crippen molar-refractivity contribution in [2.45, 2.75) is 56.8 Å². The van der Waals surface area contributed by atoms with E-state index in [0.717, 1.165) is 0 Å². The zero-order valence-corrected chi connectivity index (χ0v) is 10.0. The van der Waals surface area contributed by atoms with Gasteiger partial charge >= 0.3 is 75.4 Å². The fraction of sp³-hybridized carbons (Fsp3) is 1.00. The fourth-order valence-corrected chi connectivity index (χ4v) is 1.56. The minimum atomic E-state index is 0.697. The summed E-state index contributed by atoms with van der Waals surface area (Å²) in [4.78, 5) is 0. The standard InChI is InChI=1S/C9H19.Ga/c1-4-7-8-9(5-2)6-3;/h4-8H2,1-3H3;. The SMILES string of the molecule is CCCC[C]([Ga])(CC)CC. The molecule has 0 aromatic rings. The van der Waals surface area contributed by atoms with E-state index in [2.05, 4.69) is 20.8 Å². The molecule has 0 heterocycles. The van der Waals surface area contributed by atoms with Crippen LogP contribution in [-0.4, -0.2) is 18.6 Å². The van der Waals surface area contributed by atoms with Gasteiger partial charge in [0.15, 0.2) is 0 Å². The van der Waals surface area contributed by atoms with Crippen molar-refractivity contribution in [2.75, 3.05) is 0 Å². The Labute approximate surface area is 75.7 Å². The number of hydrogen-bond acceptors (Lipinski definition) is 0. The van der Waals surface area contributed by atoms with E-state index < -0.39 is 0 Å². The van der Waals surface area contributed by atoms with E-state index in [-0.39, 0.29) is 0 Å². The summed E-state index contributed by atoms with van der Waals surface area (Å²) in [5, 5.41) is 0. The van der Waals surface area contributed by atoms with Gasteiger partial charge in [0.2, 0.25) is 0 Å². The molecule has 0 aliphatic heterocycles. The maximum atomic E-state index is 2.32. The quantitative estimate of drug-likeness (QED) is 0.593. The van der Waals surface area contributed by atoms with Gasteiger partial charge < -0.3 is 0 Å². The first kappa shape index (κ1) is 10.6. The molecular weight excluding hydrogens is 178 g/mol. The number of hydrogen-bond donors (Lipinski definition) is 0. The summed E-state index contributed by atoms with van der Waals surface area (Å²) in [5.41, 5.74) is 0. The van der Waals surface area contributed by atoms with E-state index >= 15 is 0 Å². The van der Waals surface area contributed by atoms with Gasteiger partial charge in [-0.05, 0) is 0 Å². The third-order valence-electron chi connectivity index (χ3n) is 2.44. The number of unbranched alkanes of at least 4 members (excludes halogenated alkanes) is 1. The zero-order chi connectivity index (χ0) is 8.04. The first-order chi connectivity index (χ1) is 4.68. The van der Waals surface area contributed by atoms with Crippen molar-refractivity contribution in [2.24, 2.45) is 0 Å². The van der Waals surface area contributed by atoms with Crippen LogP contribution in [0.3, 0.4) is 0 Å². The van der Waals surface area contributed by atoms with E-state index in [1.54, 1.807) is 0 Å². The monoisotopic (exact) mass is 196 g/mol. The topological polar surface area (TPSA) is 0 Å². The van der Waals surface area contributed by atoms with Crippen LogP contribution in [0, 0.1) is 0 Å². The van der Waals surface area contributed by atoms with Crippen LogP contribution in [0.15, 0.2) is 0 Å². The summed E-state index contributed by atoms with van der Waals surface area (Å²) in [6.45, 7) is 6.92. The Hall–Kier alpha value is 0.636. The average molecular weight is 197 g/mol. The molecule has 0 spiro atoms. The Bertz CT molecular complexity index is 74.8. The molecule has 0 unspecified atom stereocenters. The third-order valence-corrected chi connectivity index (χ3v) is 4.76. The molecule has 0 saturated heterocycles. The van der Waals surface area contributed by atoms with E-state index in [1.807, 2.05) is 18.6 Å². The molecule has 0 bridgehead atoms. The molecule has 0 aliphatic rings. The Kier molecular flexibility index (Phi) is 5.65. The second-order valence-electron chi connectivity index (χ2n) is 3.17. The summed E-state index contributed by atoms with van der Waals surface area (Å²) in [6, 6.07) is 0. The molecular formula is C9H19Ga. The summed E-state index contributed by atoms with van der Waals surface area (Å²) in [7, 11) is 0. The zero-order valence-electron chi connectivity index (χ0n) is 7.61. The van der Waals surface area contributed by atoms with E-state index in [0.29, 0.717) is 3.97 Å². The van der Waals surface area contributed by atoms with E-state index in [9.17, 15) is 0 Å². The molecule has 0 aliphatic carbocycles. The van der Waals surface area contributed by atoms with Crippen LogP contribution < -0.4 is 0 Å². The van der Waals surface area contributed by atoms with Gasteiger partial charge in [-0.2, -0.15) is 0 Å². The average Bonchev–Trinajstić information content (AvgIpc) is 2.00. The Morgan fingerprint density at radius 2 is 1.60 bits per heavy atom. The van der Waals surface area contributed by atoms with Crippen molar-refractivity contribution in [3.63, 3.8) is 0 Å². The molecule has 0 fully saturated rings. The molecule has 0 aromatic carbocycles. The van der Waals surface area contributed by atoms with Gasteiger partial charge in [-0.25, -0.2) is 0 Å². The molecule has 0 N–H and O–H groups in total. The number of rotatable bonds is 5. The van der Waals surface area contributed by atoms with Crippen LogP contribution in [0.5, 0.6) is 0 Å². The Morgan fingerprint density at radius 3 is 1.90 bits per heavy atom. The van der Waals surface area contributed by atoms with Gasteiger partial charge in [-0.15, -0.1) is 0 Å². The molecule has 58 valence electrons. The van der Waals surface area contributed by atoms with Crippen molar-refractivity contribution in [1.29, 1.82) is 0 Å². The van der Waals surface area contributed by atoms with E-state index in [1.165, 1.54) is 32.1 Å². The maximum absolute atomic E-state index is 2.32. The molecule has 0 rings (SSSR count).